The zero-order valence-electron chi connectivity index (χ0n) is 7.35. The van der Waals surface area contributed by atoms with Gasteiger partial charge < -0.3 is 5.73 Å². The van der Waals surface area contributed by atoms with Crippen LogP contribution in [0.2, 0.25) is 0 Å². The van der Waals surface area contributed by atoms with Crippen LogP contribution in [0.15, 0.2) is 6.07 Å². The second kappa shape index (κ2) is 2.81. The second-order valence-corrected chi connectivity index (χ2v) is 3.50. The third-order valence-electron chi connectivity index (χ3n) is 1.77. The molecule has 0 unspecified atom stereocenters. The zero-order valence-corrected chi connectivity index (χ0v) is 8.17. The maximum atomic E-state index is 5.41. The van der Waals surface area contributed by atoms with Gasteiger partial charge in [0.05, 0.1) is 0 Å². The van der Waals surface area contributed by atoms with E-state index in [1.54, 1.807) is 4.68 Å². The average Bonchev–Trinajstić information content (AvgIpc) is 2.61. The van der Waals surface area contributed by atoms with E-state index in [0.717, 1.165) is 16.4 Å². The van der Waals surface area contributed by atoms with E-state index < -0.39 is 0 Å². The highest BCUT2D eigenvalue weighted by atomic mass is 32.1. The lowest BCUT2D eigenvalue weighted by Gasteiger charge is -1.88. The summed E-state index contributed by atoms with van der Waals surface area (Å²) in [5.74, 6) is 0.309. The molecule has 0 saturated carbocycles. The summed E-state index contributed by atoms with van der Waals surface area (Å²) in [6.45, 7) is 1.99. The number of rotatable bonds is 1. The van der Waals surface area contributed by atoms with Gasteiger partial charge >= 0.3 is 0 Å². The van der Waals surface area contributed by atoms with Crippen molar-refractivity contribution in [1.29, 1.82) is 0 Å². The van der Waals surface area contributed by atoms with E-state index in [1.807, 2.05) is 20.0 Å². The molecule has 2 aromatic heterocycles. The highest BCUT2D eigenvalue weighted by Gasteiger charge is 2.08. The van der Waals surface area contributed by atoms with Gasteiger partial charge in [0, 0.05) is 12.7 Å². The summed E-state index contributed by atoms with van der Waals surface area (Å²) >= 11 is 1.26. The first-order chi connectivity index (χ1) is 6.16. The Morgan fingerprint density at radius 2 is 2.31 bits per heavy atom. The number of aryl methyl sites for hydroxylation is 2. The molecule has 2 heterocycles. The Balaban J connectivity index is 2.46. The topological polar surface area (TPSA) is 69.6 Å². The maximum Gasteiger partial charge on any atom is 0.232 e. The van der Waals surface area contributed by atoms with Crippen molar-refractivity contribution < 1.29 is 0 Å². The summed E-state index contributed by atoms with van der Waals surface area (Å²) in [5, 5.41) is 5.03. The van der Waals surface area contributed by atoms with E-state index in [2.05, 4.69) is 14.5 Å². The molecule has 0 fully saturated rings. The summed E-state index contributed by atoms with van der Waals surface area (Å²) in [6.07, 6.45) is 0. The first-order valence-electron chi connectivity index (χ1n) is 3.77. The van der Waals surface area contributed by atoms with Gasteiger partial charge in [-0.3, -0.25) is 4.68 Å². The van der Waals surface area contributed by atoms with Crippen LogP contribution in [-0.4, -0.2) is 19.1 Å². The third-order valence-corrected chi connectivity index (χ3v) is 2.53. The lowest BCUT2D eigenvalue weighted by atomic mass is 10.4. The molecule has 0 amide bonds. The zero-order chi connectivity index (χ0) is 9.42. The van der Waals surface area contributed by atoms with Crippen LogP contribution in [-0.2, 0) is 7.05 Å². The van der Waals surface area contributed by atoms with Crippen molar-refractivity contribution in [2.45, 2.75) is 6.92 Å². The summed E-state index contributed by atoms with van der Waals surface area (Å²) in [6, 6.07) is 1.96. The molecular formula is C7H9N5S. The number of hydrogen-bond donors (Lipinski definition) is 1. The molecule has 0 atom stereocenters. The smallest absolute Gasteiger partial charge is 0.232 e. The minimum atomic E-state index is 0.309. The van der Waals surface area contributed by atoms with Crippen molar-refractivity contribution in [3.63, 3.8) is 0 Å². The van der Waals surface area contributed by atoms with E-state index >= 15 is 0 Å². The highest BCUT2D eigenvalue weighted by Crippen LogP contribution is 2.20. The molecule has 68 valence electrons. The quantitative estimate of drug-likeness (QED) is 0.731. The Bertz CT molecular complexity index is 410. The Kier molecular flexibility index (Phi) is 1.77. The van der Waals surface area contributed by atoms with Crippen molar-refractivity contribution >= 4 is 17.5 Å². The molecule has 13 heavy (non-hydrogen) atoms. The van der Waals surface area contributed by atoms with Crippen LogP contribution in [0.3, 0.4) is 0 Å². The lowest BCUT2D eigenvalue weighted by molar-refractivity contribution is 0.742. The predicted molar refractivity (Wildman–Crippen MR) is 51.3 cm³/mol. The van der Waals surface area contributed by atoms with E-state index in [9.17, 15) is 0 Å². The Morgan fingerprint density at radius 1 is 1.54 bits per heavy atom. The van der Waals surface area contributed by atoms with Gasteiger partial charge in [0.15, 0.2) is 5.01 Å². The first kappa shape index (κ1) is 8.18. The SMILES string of the molecule is Cc1cc(-c2nc(N)ns2)nn1C. The number of aromatic nitrogens is 4. The molecule has 0 aromatic carbocycles. The minimum absolute atomic E-state index is 0.309. The molecule has 5 nitrogen and oxygen atoms in total. The molecule has 0 aliphatic carbocycles. The van der Waals surface area contributed by atoms with E-state index in [1.165, 1.54) is 11.5 Å². The molecule has 0 aliphatic heterocycles. The van der Waals surface area contributed by atoms with E-state index in [-0.39, 0.29) is 0 Å². The van der Waals surface area contributed by atoms with Crippen LogP contribution in [0.1, 0.15) is 5.69 Å². The monoisotopic (exact) mass is 195 g/mol. The van der Waals surface area contributed by atoms with E-state index in [4.69, 9.17) is 5.73 Å². The Hall–Kier alpha value is -1.43. The highest BCUT2D eigenvalue weighted by molar-refractivity contribution is 7.09. The number of anilines is 1. The fourth-order valence-electron chi connectivity index (χ4n) is 1.00. The van der Waals surface area contributed by atoms with Gasteiger partial charge in [0.25, 0.3) is 0 Å². The molecule has 0 aliphatic rings. The van der Waals surface area contributed by atoms with Crippen molar-refractivity contribution in [1.82, 2.24) is 19.1 Å². The van der Waals surface area contributed by atoms with Crippen molar-refractivity contribution in [2.24, 2.45) is 7.05 Å². The average molecular weight is 195 g/mol. The van der Waals surface area contributed by atoms with Gasteiger partial charge in [-0.05, 0) is 24.5 Å². The molecule has 0 bridgehead atoms. The van der Waals surface area contributed by atoms with Crippen molar-refractivity contribution in [3.8, 4) is 10.7 Å². The fourth-order valence-corrected chi connectivity index (χ4v) is 1.55. The molecule has 0 radical (unpaired) electrons. The summed E-state index contributed by atoms with van der Waals surface area (Å²) in [4.78, 5) is 4.04. The number of nitrogen functional groups attached to an aromatic ring is 1. The van der Waals surface area contributed by atoms with Crippen LogP contribution in [0.25, 0.3) is 10.7 Å². The van der Waals surface area contributed by atoms with Crippen molar-refractivity contribution in [2.75, 3.05) is 5.73 Å². The van der Waals surface area contributed by atoms with E-state index in [0.29, 0.717) is 5.95 Å². The van der Waals surface area contributed by atoms with Crippen LogP contribution in [0, 0.1) is 6.92 Å². The summed E-state index contributed by atoms with van der Waals surface area (Å²) < 4.78 is 5.69. The van der Waals surface area contributed by atoms with Crippen LogP contribution < -0.4 is 5.73 Å². The summed E-state index contributed by atoms with van der Waals surface area (Å²) in [5.41, 5.74) is 7.33. The van der Waals surface area contributed by atoms with Gasteiger partial charge in [-0.25, -0.2) is 0 Å². The lowest BCUT2D eigenvalue weighted by Crippen LogP contribution is -1.92. The number of nitrogens with zero attached hydrogens (tertiary/aromatic N) is 4. The van der Waals surface area contributed by atoms with Gasteiger partial charge in [-0.1, -0.05) is 0 Å². The minimum Gasteiger partial charge on any atom is -0.367 e. The first-order valence-corrected chi connectivity index (χ1v) is 4.54. The van der Waals surface area contributed by atoms with Crippen LogP contribution in [0.5, 0.6) is 0 Å². The molecule has 0 spiro atoms. The Morgan fingerprint density at radius 3 is 2.77 bits per heavy atom. The van der Waals surface area contributed by atoms with Crippen molar-refractivity contribution in [3.05, 3.63) is 11.8 Å². The summed E-state index contributed by atoms with van der Waals surface area (Å²) in [7, 11) is 1.89. The third kappa shape index (κ3) is 1.40. The number of nitrogens with two attached hydrogens (primary N) is 1. The number of hydrogen-bond acceptors (Lipinski definition) is 5. The second-order valence-electron chi connectivity index (χ2n) is 2.75. The fraction of sp³-hybridized carbons (Fsp3) is 0.286. The molecular weight excluding hydrogens is 186 g/mol. The molecule has 2 aromatic rings. The maximum absolute atomic E-state index is 5.41. The molecule has 2 N–H and O–H groups in total. The standard InChI is InChI=1S/C7H9N5S/c1-4-3-5(10-12(4)2)6-9-7(8)11-13-6/h3H,1-2H3,(H2,8,11). The molecule has 0 saturated heterocycles. The largest absolute Gasteiger partial charge is 0.367 e. The Labute approximate surface area is 79.4 Å². The normalized spacial score (nSPS) is 10.6. The predicted octanol–water partition coefficient (Wildman–Crippen LogP) is 0.829. The molecule has 6 heteroatoms. The van der Waals surface area contributed by atoms with Gasteiger partial charge in [0.2, 0.25) is 5.95 Å². The van der Waals surface area contributed by atoms with Gasteiger partial charge in [-0.2, -0.15) is 14.5 Å². The van der Waals surface area contributed by atoms with Gasteiger partial charge in [0.1, 0.15) is 5.69 Å². The van der Waals surface area contributed by atoms with Gasteiger partial charge in [-0.15, -0.1) is 0 Å². The van der Waals surface area contributed by atoms with Crippen LogP contribution in [0.4, 0.5) is 5.95 Å². The molecule has 2 rings (SSSR count). The van der Waals surface area contributed by atoms with Crippen LogP contribution >= 0.6 is 11.5 Å².